The van der Waals surface area contributed by atoms with Crippen LogP contribution in [0.15, 0.2) is 66.7 Å². The summed E-state index contributed by atoms with van der Waals surface area (Å²) in [5.41, 5.74) is -0.0324. The summed E-state index contributed by atoms with van der Waals surface area (Å²) in [4.78, 5) is 13.9. The van der Waals surface area contributed by atoms with Gasteiger partial charge in [0, 0.05) is 12.1 Å². The highest BCUT2D eigenvalue weighted by Gasteiger charge is 2.42. The number of benzene rings is 3. The lowest BCUT2D eigenvalue weighted by Gasteiger charge is -2.42. The first-order chi connectivity index (χ1) is 17.8. The molecule has 0 aliphatic carbocycles. The quantitative estimate of drug-likeness (QED) is 0.285. The molecule has 1 aliphatic rings. The Labute approximate surface area is 216 Å². The largest absolute Gasteiger partial charge is 0.493 e. The maximum Gasteiger partial charge on any atom is 0.161 e. The Bertz CT molecular complexity index is 1180. The minimum Gasteiger partial charge on any atom is -0.493 e. The van der Waals surface area contributed by atoms with E-state index in [4.69, 9.17) is 9.47 Å². The topological polar surface area (TPSA) is 59.0 Å². The molecule has 0 aromatic heterocycles. The molecule has 7 heteroatoms. The summed E-state index contributed by atoms with van der Waals surface area (Å²) in [6.07, 6.45) is 2.16. The molecule has 1 N–H and O–H groups in total. The number of carbonyl (C=O) groups excluding carboxylic acids is 1. The summed E-state index contributed by atoms with van der Waals surface area (Å²) in [5.74, 6) is 0.0428. The number of piperidine rings is 1. The molecule has 0 atom stereocenters. The first-order valence-corrected chi connectivity index (χ1v) is 12.6. The number of nitrogens with zero attached hydrogens (tertiary/aromatic N) is 1. The number of rotatable bonds is 10. The number of Topliss-reactive ketones (excluding diaryl/α,β-unsaturated/α-hetero) is 1. The Kier molecular flexibility index (Phi) is 8.56. The Morgan fingerprint density at radius 3 is 2.14 bits per heavy atom. The van der Waals surface area contributed by atoms with Crippen LogP contribution in [0.3, 0.4) is 0 Å². The molecule has 0 radical (unpaired) electrons. The van der Waals surface area contributed by atoms with E-state index in [1.165, 1.54) is 31.2 Å². The van der Waals surface area contributed by atoms with Crippen molar-refractivity contribution in [2.75, 3.05) is 33.4 Å². The molecule has 1 fully saturated rings. The van der Waals surface area contributed by atoms with Crippen LogP contribution >= 0.6 is 0 Å². The molecule has 0 spiro atoms. The van der Waals surface area contributed by atoms with E-state index in [1.54, 1.807) is 49.6 Å². The fraction of sp³-hybridized carbons (Fsp3) is 0.367. The average molecular weight is 510 g/mol. The maximum atomic E-state index is 14.1. The van der Waals surface area contributed by atoms with Crippen molar-refractivity contribution in [2.24, 2.45) is 5.92 Å². The van der Waals surface area contributed by atoms with Crippen LogP contribution < -0.4 is 9.47 Å². The van der Waals surface area contributed by atoms with Gasteiger partial charge in [-0.2, -0.15) is 0 Å². The van der Waals surface area contributed by atoms with Crippen molar-refractivity contribution in [1.29, 1.82) is 0 Å². The van der Waals surface area contributed by atoms with Crippen molar-refractivity contribution < 1.29 is 28.2 Å². The molecule has 0 unspecified atom stereocenters. The lowest BCUT2D eigenvalue weighted by atomic mass is 9.72. The zero-order valence-electron chi connectivity index (χ0n) is 21.3. The molecule has 4 rings (SSSR count). The van der Waals surface area contributed by atoms with Crippen LogP contribution in [-0.2, 0) is 5.60 Å². The summed E-state index contributed by atoms with van der Waals surface area (Å²) in [5, 5.41) is 12.0. The highest BCUT2D eigenvalue weighted by molar-refractivity contribution is 5.94. The zero-order chi connectivity index (χ0) is 26.4. The Morgan fingerprint density at radius 1 is 0.973 bits per heavy atom. The molecule has 3 aromatic carbocycles. The zero-order valence-corrected chi connectivity index (χ0v) is 21.3. The van der Waals surface area contributed by atoms with Crippen LogP contribution in [0, 0.1) is 17.6 Å². The predicted molar refractivity (Wildman–Crippen MR) is 138 cm³/mol. The second-order valence-corrected chi connectivity index (χ2v) is 9.53. The number of hydrogen-bond acceptors (Lipinski definition) is 5. The first-order valence-electron chi connectivity index (χ1n) is 12.6. The van der Waals surface area contributed by atoms with Crippen molar-refractivity contribution in [3.8, 4) is 11.5 Å². The van der Waals surface area contributed by atoms with Gasteiger partial charge in [0.15, 0.2) is 17.3 Å². The van der Waals surface area contributed by atoms with Gasteiger partial charge in [-0.15, -0.1) is 0 Å². The van der Waals surface area contributed by atoms with Gasteiger partial charge in [-0.3, -0.25) is 4.79 Å². The van der Waals surface area contributed by atoms with E-state index < -0.39 is 17.2 Å². The second kappa shape index (κ2) is 11.8. The van der Waals surface area contributed by atoms with Gasteiger partial charge in [0.1, 0.15) is 17.2 Å². The number of aliphatic hydroxyl groups is 1. The minimum atomic E-state index is -1.48. The van der Waals surface area contributed by atoms with Crippen LogP contribution in [0.1, 0.15) is 47.7 Å². The van der Waals surface area contributed by atoms with E-state index in [2.05, 4.69) is 4.90 Å². The van der Waals surface area contributed by atoms with Crippen molar-refractivity contribution in [1.82, 2.24) is 4.90 Å². The van der Waals surface area contributed by atoms with Crippen molar-refractivity contribution in [3.63, 3.8) is 0 Å². The average Bonchev–Trinajstić information content (AvgIpc) is 2.91. The number of methoxy groups -OCH3 is 1. The Hall–Kier alpha value is -3.29. The molecule has 1 saturated heterocycles. The predicted octanol–water partition coefficient (Wildman–Crippen LogP) is 5.59. The monoisotopic (exact) mass is 509 g/mol. The summed E-state index contributed by atoms with van der Waals surface area (Å²) in [7, 11) is 1.55. The second-order valence-electron chi connectivity index (χ2n) is 9.53. The lowest BCUT2D eigenvalue weighted by molar-refractivity contribution is -0.0150. The fourth-order valence-corrected chi connectivity index (χ4v) is 5.14. The molecule has 0 amide bonds. The number of ether oxygens (including phenoxy) is 2. The van der Waals surface area contributed by atoms with Gasteiger partial charge in [0.25, 0.3) is 0 Å². The number of ketones is 1. The van der Waals surface area contributed by atoms with Gasteiger partial charge >= 0.3 is 0 Å². The number of likely N-dealkylation sites (tertiary alicyclic amines) is 1. The van der Waals surface area contributed by atoms with Gasteiger partial charge in [-0.25, -0.2) is 8.78 Å². The normalized spacial score (nSPS) is 14.9. The third-order valence-corrected chi connectivity index (χ3v) is 7.15. The van der Waals surface area contributed by atoms with Crippen molar-refractivity contribution in [2.45, 2.75) is 31.8 Å². The van der Waals surface area contributed by atoms with E-state index in [9.17, 15) is 18.7 Å². The molecule has 1 aliphatic heterocycles. The van der Waals surface area contributed by atoms with Gasteiger partial charge in [0.2, 0.25) is 0 Å². The van der Waals surface area contributed by atoms with Crippen LogP contribution in [0.5, 0.6) is 11.5 Å². The standard InChI is InChI=1S/C30H33F2NO4/c1-21(34)22-10-11-28(29(18-22)36-2)37-17-5-14-33-15-12-23(13-16-33)30(35,24-6-3-8-26(31)19-24)25-7-4-9-27(32)20-25/h3-4,6-11,18-20,23,35H,5,12-17H2,1-2H3. The van der Waals surface area contributed by atoms with Crippen LogP contribution in [-0.4, -0.2) is 49.1 Å². The maximum absolute atomic E-state index is 14.1. The van der Waals surface area contributed by atoms with E-state index in [1.807, 2.05) is 0 Å². The van der Waals surface area contributed by atoms with E-state index >= 15 is 0 Å². The first kappa shape index (κ1) is 26.8. The highest BCUT2D eigenvalue weighted by atomic mass is 19.1. The molecule has 1 heterocycles. The highest BCUT2D eigenvalue weighted by Crippen LogP contribution is 2.42. The summed E-state index contributed by atoms with van der Waals surface area (Å²) >= 11 is 0. The number of carbonyl (C=O) groups is 1. The third kappa shape index (κ3) is 6.17. The molecular weight excluding hydrogens is 476 g/mol. The van der Waals surface area contributed by atoms with E-state index in [-0.39, 0.29) is 11.7 Å². The number of halogens is 2. The van der Waals surface area contributed by atoms with E-state index in [0.29, 0.717) is 47.6 Å². The minimum absolute atomic E-state index is 0.0325. The number of hydrogen-bond donors (Lipinski definition) is 1. The summed E-state index contributed by atoms with van der Waals surface area (Å²) in [6, 6.07) is 17.1. The molecule has 196 valence electrons. The molecule has 37 heavy (non-hydrogen) atoms. The Morgan fingerprint density at radius 2 is 1.59 bits per heavy atom. The van der Waals surface area contributed by atoms with E-state index in [0.717, 1.165) is 26.1 Å². The van der Waals surface area contributed by atoms with Crippen molar-refractivity contribution >= 4 is 5.78 Å². The van der Waals surface area contributed by atoms with Gasteiger partial charge in [-0.1, -0.05) is 24.3 Å². The molecule has 3 aromatic rings. The van der Waals surface area contributed by atoms with Crippen LogP contribution in [0.2, 0.25) is 0 Å². The Balaban J connectivity index is 1.36. The van der Waals surface area contributed by atoms with Crippen LogP contribution in [0.25, 0.3) is 0 Å². The molecular formula is C30H33F2NO4. The van der Waals surface area contributed by atoms with Gasteiger partial charge in [0.05, 0.1) is 13.7 Å². The fourth-order valence-electron chi connectivity index (χ4n) is 5.14. The third-order valence-electron chi connectivity index (χ3n) is 7.15. The summed E-state index contributed by atoms with van der Waals surface area (Å²) in [6.45, 7) is 4.34. The lowest BCUT2D eigenvalue weighted by Crippen LogP contribution is -2.44. The molecule has 0 bridgehead atoms. The molecule has 5 nitrogen and oxygen atoms in total. The molecule has 0 saturated carbocycles. The van der Waals surface area contributed by atoms with Crippen molar-refractivity contribution in [3.05, 3.63) is 95.1 Å². The smallest absolute Gasteiger partial charge is 0.161 e. The van der Waals surface area contributed by atoms with Crippen LogP contribution in [0.4, 0.5) is 8.78 Å². The summed E-state index contributed by atoms with van der Waals surface area (Å²) < 4.78 is 39.4. The SMILES string of the molecule is COc1cc(C(C)=O)ccc1OCCCN1CCC(C(O)(c2cccc(F)c2)c2cccc(F)c2)CC1. The van der Waals surface area contributed by atoms with Gasteiger partial charge in [-0.05, 0) is 98.8 Å². The van der Waals surface area contributed by atoms with Gasteiger partial charge < -0.3 is 19.5 Å².